The number of aryl methyl sites for hydroxylation is 2. The number of benzene rings is 3. The Labute approximate surface area is 201 Å². The summed E-state index contributed by atoms with van der Waals surface area (Å²) in [6.07, 6.45) is 3.36. The largest absolute Gasteiger partial charge is 0.455 e. The van der Waals surface area contributed by atoms with Crippen LogP contribution in [0.3, 0.4) is 0 Å². The van der Waals surface area contributed by atoms with Crippen LogP contribution in [0.25, 0.3) is 44.3 Å². The molecule has 1 aliphatic carbocycles. The van der Waals surface area contributed by atoms with Crippen molar-refractivity contribution in [3.05, 3.63) is 89.6 Å². The van der Waals surface area contributed by atoms with E-state index in [1.165, 1.54) is 56.3 Å². The Morgan fingerprint density at radius 2 is 1.50 bits per heavy atom. The second-order valence-electron chi connectivity index (χ2n) is 11.3. The Bertz CT molecular complexity index is 1600. The lowest BCUT2D eigenvalue weighted by Gasteiger charge is -2.22. The van der Waals surface area contributed by atoms with Crippen LogP contribution in [0.15, 0.2) is 77.3 Å². The molecular formula is C32H32NO+. The van der Waals surface area contributed by atoms with Crippen LogP contribution in [0.4, 0.5) is 0 Å². The van der Waals surface area contributed by atoms with Gasteiger partial charge in [-0.1, -0.05) is 76.2 Å². The summed E-state index contributed by atoms with van der Waals surface area (Å²) in [6.45, 7) is 11.7. The van der Waals surface area contributed by atoms with Crippen molar-refractivity contribution in [1.29, 1.82) is 0 Å². The molecule has 0 unspecified atom stereocenters. The van der Waals surface area contributed by atoms with Crippen molar-refractivity contribution in [2.24, 2.45) is 7.05 Å². The molecule has 0 atom stereocenters. The van der Waals surface area contributed by atoms with Gasteiger partial charge in [0.1, 0.15) is 18.2 Å². The number of nitrogens with zero attached hydrogens (tertiary/aromatic N) is 1. The molecule has 2 nitrogen and oxygen atoms in total. The quantitative estimate of drug-likeness (QED) is 0.251. The number of hydrogen-bond donors (Lipinski definition) is 0. The summed E-state index contributed by atoms with van der Waals surface area (Å²) in [7, 11) is 2.12. The smallest absolute Gasteiger partial charge is 0.216 e. The molecule has 0 aliphatic heterocycles. The topological polar surface area (TPSA) is 17.0 Å². The molecule has 0 N–H and O–H groups in total. The molecule has 2 heteroatoms. The van der Waals surface area contributed by atoms with Gasteiger partial charge >= 0.3 is 0 Å². The lowest BCUT2D eigenvalue weighted by molar-refractivity contribution is -0.660. The Morgan fingerprint density at radius 3 is 2.32 bits per heavy atom. The number of fused-ring (bicyclic) bond motifs is 4. The molecule has 2 heterocycles. The summed E-state index contributed by atoms with van der Waals surface area (Å²) in [5, 5.41) is 2.34. The molecule has 0 amide bonds. The van der Waals surface area contributed by atoms with E-state index >= 15 is 0 Å². The first kappa shape index (κ1) is 21.2. The van der Waals surface area contributed by atoms with Gasteiger partial charge in [-0.05, 0) is 58.1 Å². The van der Waals surface area contributed by atoms with Crippen molar-refractivity contribution in [1.82, 2.24) is 0 Å². The van der Waals surface area contributed by atoms with Crippen LogP contribution < -0.4 is 4.57 Å². The van der Waals surface area contributed by atoms with E-state index < -0.39 is 0 Å². The highest BCUT2D eigenvalue weighted by Gasteiger charge is 2.41. The number of hydrogen-bond acceptors (Lipinski definition) is 1. The van der Waals surface area contributed by atoms with Crippen LogP contribution in [0.5, 0.6) is 0 Å². The minimum absolute atomic E-state index is 0.188. The van der Waals surface area contributed by atoms with E-state index in [1.807, 2.05) is 6.07 Å². The Hall–Kier alpha value is -3.39. The maximum absolute atomic E-state index is 6.42. The number of aromatic nitrogens is 1. The Morgan fingerprint density at radius 1 is 0.765 bits per heavy atom. The fraction of sp³-hybridized carbons (Fsp3) is 0.281. The van der Waals surface area contributed by atoms with Crippen molar-refractivity contribution >= 4 is 21.9 Å². The highest BCUT2D eigenvalue weighted by molar-refractivity contribution is 6.09. The van der Waals surface area contributed by atoms with E-state index in [9.17, 15) is 0 Å². The molecule has 0 spiro atoms. The standard InChI is InChI=1S/C32H32NO/c1-20-11-13-24-23-9-7-8-10-28(23)34-30(24)29(20)27-18-22(15-16-33(27)6)21-12-14-25-26(17-21)32(4,5)19-31(25,2)3/h7-18H,19H2,1-6H3/q+1. The molecule has 0 saturated heterocycles. The first-order chi connectivity index (χ1) is 16.2. The molecule has 0 fully saturated rings. The van der Waals surface area contributed by atoms with E-state index in [-0.39, 0.29) is 10.8 Å². The SMILES string of the molecule is Cc1ccc2c(oc3ccccc32)c1-c1cc(-c2ccc3c(c2)C(C)(C)CC3(C)C)cc[n+]1C. The van der Waals surface area contributed by atoms with E-state index in [0.29, 0.717) is 0 Å². The summed E-state index contributed by atoms with van der Waals surface area (Å²) in [5.41, 5.74) is 11.4. The van der Waals surface area contributed by atoms with Crippen LogP contribution >= 0.6 is 0 Å². The van der Waals surface area contributed by atoms with E-state index in [4.69, 9.17) is 4.42 Å². The minimum Gasteiger partial charge on any atom is -0.455 e. The van der Waals surface area contributed by atoms with Gasteiger partial charge in [-0.25, -0.2) is 4.57 Å². The van der Waals surface area contributed by atoms with Gasteiger partial charge in [0.25, 0.3) is 0 Å². The predicted molar refractivity (Wildman–Crippen MR) is 141 cm³/mol. The lowest BCUT2D eigenvalue weighted by atomic mass is 9.82. The first-order valence-corrected chi connectivity index (χ1v) is 12.2. The number of pyridine rings is 1. The predicted octanol–water partition coefficient (Wildman–Crippen LogP) is 8.01. The highest BCUT2D eigenvalue weighted by Crippen LogP contribution is 2.50. The number of furan rings is 1. The van der Waals surface area contributed by atoms with Crippen molar-refractivity contribution in [2.45, 2.75) is 51.9 Å². The lowest BCUT2D eigenvalue weighted by Crippen LogP contribution is -2.30. The van der Waals surface area contributed by atoms with E-state index in [0.717, 1.165) is 11.2 Å². The molecule has 0 saturated carbocycles. The van der Waals surface area contributed by atoms with Crippen LogP contribution in [0.1, 0.15) is 50.8 Å². The van der Waals surface area contributed by atoms with Crippen molar-refractivity contribution < 1.29 is 8.98 Å². The fourth-order valence-corrected chi connectivity index (χ4v) is 6.37. The third-order valence-corrected chi connectivity index (χ3v) is 7.86. The van der Waals surface area contributed by atoms with E-state index in [2.05, 4.69) is 113 Å². The van der Waals surface area contributed by atoms with Gasteiger partial charge in [0.2, 0.25) is 5.69 Å². The molecule has 5 aromatic rings. The monoisotopic (exact) mass is 446 g/mol. The molecular weight excluding hydrogens is 414 g/mol. The Balaban J connectivity index is 1.56. The average molecular weight is 447 g/mol. The average Bonchev–Trinajstić information content (AvgIpc) is 3.25. The van der Waals surface area contributed by atoms with Crippen LogP contribution in [0.2, 0.25) is 0 Å². The maximum atomic E-state index is 6.42. The summed E-state index contributed by atoms with van der Waals surface area (Å²) < 4.78 is 8.62. The van der Waals surface area contributed by atoms with Gasteiger partial charge in [-0.15, -0.1) is 0 Å². The summed E-state index contributed by atoms with van der Waals surface area (Å²) >= 11 is 0. The van der Waals surface area contributed by atoms with Gasteiger partial charge in [0.05, 0.1) is 5.56 Å². The second-order valence-corrected chi connectivity index (χ2v) is 11.3. The normalized spacial score (nSPS) is 16.3. The van der Waals surface area contributed by atoms with Crippen molar-refractivity contribution in [2.75, 3.05) is 0 Å². The van der Waals surface area contributed by atoms with Gasteiger partial charge in [0, 0.05) is 22.9 Å². The van der Waals surface area contributed by atoms with Crippen molar-refractivity contribution in [3.63, 3.8) is 0 Å². The molecule has 1 aliphatic rings. The van der Waals surface area contributed by atoms with Gasteiger partial charge in [-0.3, -0.25) is 0 Å². The third kappa shape index (κ3) is 3.05. The summed E-state index contributed by atoms with van der Waals surface area (Å²) in [5.74, 6) is 0. The van der Waals surface area contributed by atoms with Crippen LogP contribution in [0, 0.1) is 6.92 Å². The molecule has 0 bridgehead atoms. The fourth-order valence-electron chi connectivity index (χ4n) is 6.37. The van der Waals surface area contributed by atoms with Gasteiger partial charge in [-0.2, -0.15) is 0 Å². The minimum atomic E-state index is 0.188. The van der Waals surface area contributed by atoms with Gasteiger partial charge in [0.15, 0.2) is 6.20 Å². The zero-order valence-electron chi connectivity index (χ0n) is 21.0. The van der Waals surface area contributed by atoms with E-state index in [1.54, 1.807) is 0 Å². The molecule has 2 aromatic heterocycles. The molecule has 0 radical (unpaired) electrons. The summed E-state index contributed by atoms with van der Waals surface area (Å²) in [4.78, 5) is 0. The number of rotatable bonds is 2. The molecule has 6 rings (SSSR count). The summed E-state index contributed by atoms with van der Waals surface area (Å²) in [6, 6.07) is 24.4. The maximum Gasteiger partial charge on any atom is 0.216 e. The van der Waals surface area contributed by atoms with Crippen LogP contribution in [-0.4, -0.2) is 0 Å². The third-order valence-electron chi connectivity index (χ3n) is 7.86. The van der Waals surface area contributed by atoms with Crippen LogP contribution in [-0.2, 0) is 17.9 Å². The van der Waals surface area contributed by atoms with Crippen molar-refractivity contribution in [3.8, 4) is 22.4 Å². The van der Waals surface area contributed by atoms with Gasteiger partial charge < -0.3 is 4.42 Å². The number of para-hydroxylation sites is 1. The highest BCUT2D eigenvalue weighted by atomic mass is 16.3. The zero-order valence-corrected chi connectivity index (χ0v) is 21.0. The molecule has 170 valence electrons. The zero-order chi connectivity index (χ0) is 23.8. The second kappa shape index (κ2) is 7.06. The Kier molecular flexibility index (Phi) is 4.39. The molecule has 34 heavy (non-hydrogen) atoms. The molecule has 3 aromatic carbocycles. The first-order valence-electron chi connectivity index (χ1n) is 12.2.